The Labute approximate surface area is 104 Å². The molecule has 1 saturated heterocycles. The lowest BCUT2D eigenvalue weighted by atomic mass is 9.95. The van der Waals surface area contributed by atoms with Crippen molar-refractivity contribution >= 4 is 6.09 Å². The number of likely N-dealkylation sites (tertiary alicyclic amines) is 1. The number of piperidine rings is 1. The molecule has 0 aromatic carbocycles. The van der Waals surface area contributed by atoms with E-state index in [2.05, 4.69) is 6.92 Å². The minimum absolute atomic E-state index is 0.0236. The highest BCUT2D eigenvalue weighted by Crippen LogP contribution is 2.26. The lowest BCUT2D eigenvalue weighted by molar-refractivity contribution is -0.0156. The van der Waals surface area contributed by atoms with E-state index in [1.807, 2.05) is 20.8 Å². The highest BCUT2D eigenvalue weighted by Gasteiger charge is 2.35. The lowest BCUT2D eigenvalue weighted by Gasteiger charge is -2.41. The summed E-state index contributed by atoms with van der Waals surface area (Å²) in [6, 6.07) is 0.124. The Morgan fingerprint density at radius 1 is 1.35 bits per heavy atom. The average molecular weight is 243 g/mol. The maximum atomic E-state index is 12.1. The molecule has 0 spiro atoms. The molecule has 1 aliphatic heterocycles. The number of rotatable bonds is 2. The Morgan fingerprint density at radius 3 is 2.41 bits per heavy atom. The zero-order valence-corrected chi connectivity index (χ0v) is 11.4. The normalized spacial score (nSPS) is 25.8. The molecule has 0 bridgehead atoms. The maximum absolute atomic E-state index is 12.1. The number of nitrogens with zero attached hydrogens (tertiary/aromatic N) is 1. The van der Waals surface area contributed by atoms with Gasteiger partial charge in [-0.3, -0.25) is 4.90 Å². The molecule has 2 atom stereocenters. The minimum atomic E-state index is -0.479. The SMILES string of the molecule is CCC1CCCC(CO)N1C(=O)OC(C)(C)C. The summed E-state index contributed by atoms with van der Waals surface area (Å²) >= 11 is 0. The number of carbonyl (C=O) groups excluding carboxylic acids is 1. The molecule has 0 radical (unpaired) electrons. The molecule has 1 fully saturated rings. The van der Waals surface area contributed by atoms with Gasteiger partial charge < -0.3 is 9.84 Å². The molecule has 1 heterocycles. The molecule has 2 unspecified atom stereocenters. The van der Waals surface area contributed by atoms with Gasteiger partial charge in [-0.15, -0.1) is 0 Å². The van der Waals surface area contributed by atoms with E-state index >= 15 is 0 Å². The Kier molecular flexibility index (Phi) is 4.80. The molecular weight excluding hydrogens is 218 g/mol. The van der Waals surface area contributed by atoms with E-state index in [1.165, 1.54) is 0 Å². The molecule has 0 aromatic heterocycles. The van der Waals surface area contributed by atoms with Crippen LogP contribution >= 0.6 is 0 Å². The fraction of sp³-hybridized carbons (Fsp3) is 0.923. The number of hydrogen-bond donors (Lipinski definition) is 1. The molecule has 4 heteroatoms. The fourth-order valence-electron chi connectivity index (χ4n) is 2.36. The van der Waals surface area contributed by atoms with Crippen molar-refractivity contribution in [1.82, 2.24) is 4.90 Å². The van der Waals surface area contributed by atoms with Crippen LogP contribution in [0, 0.1) is 0 Å². The Morgan fingerprint density at radius 2 is 1.94 bits per heavy atom. The van der Waals surface area contributed by atoms with Crippen molar-refractivity contribution in [1.29, 1.82) is 0 Å². The number of aliphatic hydroxyl groups is 1. The molecule has 1 rings (SSSR count). The van der Waals surface area contributed by atoms with Crippen LogP contribution in [0.4, 0.5) is 4.79 Å². The van der Waals surface area contributed by atoms with E-state index in [9.17, 15) is 9.90 Å². The van der Waals surface area contributed by atoms with Crippen LogP contribution in [0.2, 0.25) is 0 Å². The number of carbonyl (C=O) groups is 1. The zero-order valence-electron chi connectivity index (χ0n) is 11.4. The van der Waals surface area contributed by atoms with Crippen molar-refractivity contribution in [2.24, 2.45) is 0 Å². The summed E-state index contributed by atoms with van der Waals surface area (Å²) in [5.41, 5.74) is -0.479. The standard InChI is InChI=1S/C13H25NO3/c1-5-10-7-6-8-11(9-15)14(10)12(16)17-13(2,3)4/h10-11,15H,5-9H2,1-4H3. The molecule has 4 nitrogen and oxygen atoms in total. The van der Waals surface area contributed by atoms with Gasteiger partial charge in [0.2, 0.25) is 0 Å². The molecule has 1 aliphatic rings. The quantitative estimate of drug-likeness (QED) is 0.811. The average Bonchev–Trinajstić information content (AvgIpc) is 2.25. The Hall–Kier alpha value is -0.770. The van der Waals surface area contributed by atoms with E-state index in [0.29, 0.717) is 0 Å². The Balaban J connectivity index is 2.76. The first-order valence-electron chi connectivity index (χ1n) is 6.51. The monoisotopic (exact) mass is 243 g/mol. The first kappa shape index (κ1) is 14.3. The second-order valence-electron chi connectivity index (χ2n) is 5.72. The van der Waals surface area contributed by atoms with Gasteiger partial charge in [0.15, 0.2) is 0 Å². The molecule has 0 aliphatic carbocycles. The second-order valence-corrected chi connectivity index (χ2v) is 5.72. The second kappa shape index (κ2) is 5.71. The first-order valence-corrected chi connectivity index (χ1v) is 6.51. The highest BCUT2D eigenvalue weighted by atomic mass is 16.6. The van der Waals surface area contributed by atoms with E-state index in [1.54, 1.807) is 4.90 Å². The summed E-state index contributed by atoms with van der Waals surface area (Å²) in [7, 11) is 0. The van der Waals surface area contributed by atoms with Gasteiger partial charge in [-0.05, 0) is 46.5 Å². The van der Waals surface area contributed by atoms with Crippen LogP contribution in [-0.4, -0.2) is 40.4 Å². The van der Waals surface area contributed by atoms with Gasteiger partial charge in [-0.25, -0.2) is 4.79 Å². The predicted octanol–water partition coefficient (Wildman–Crippen LogP) is 2.55. The molecule has 100 valence electrons. The number of amides is 1. The van der Waals surface area contributed by atoms with Crippen molar-refractivity contribution in [2.45, 2.75) is 71.1 Å². The first-order chi connectivity index (χ1) is 7.89. The highest BCUT2D eigenvalue weighted by molar-refractivity contribution is 5.69. The predicted molar refractivity (Wildman–Crippen MR) is 66.9 cm³/mol. The van der Waals surface area contributed by atoms with Gasteiger partial charge in [0.25, 0.3) is 0 Å². The smallest absolute Gasteiger partial charge is 0.410 e. The van der Waals surface area contributed by atoms with E-state index in [0.717, 1.165) is 25.7 Å². The van der Waals surface area contributed by atoms with Crippen LogP contribution in [-0.2, 0) is 4.74 Å². The van der Waals surface area contributed by atoms with Crippen LogP contribution in [0.1, 0.15) is 53.4 Å². The summed E-state index contributed by atoms with van der Waals surface area (Å²) in [5.74, 6) is 0. The third kappa shape index (κ3) is 3.87. The minimum Gasteiger partial charge on any atom is -0.444 e. The topological polar surface area (TPSA) is 49.8 Å². The van der Waals surface area contributed by atoms with Crippen LogP contribution in [0.5, 0.6) is 0 Å². The molecule has 0 aromatic rings. The number of hydrogen-bond acceptors (Lipinski definition) is 3. The van der Waals surface area contributed by atoms with Crippen LogP contribution in [0.15, 0.2) is 0 Å². The molecule has 0 saturated carbocycles. The van der Waals surface area contributed by atoms with E-state index in [4.69, 9.17) is 4.74 Å². The third-order valence-corrected chi connectivity index (χ3v) is 3.15. The fourth-order valence-corrected chi connectivity index (χ4v) is 2.36. The molecule has 17 heavy (non-hydrogen) atoms. The Bertz CT molecular complexity index is 248. The van der Waals surface area contributed by atoms with E-state index < -0.39 is 5.60 Å². The van der Waals surface area contributed by atoms with Crippen molar-refractivity contribution in [3.63, 3.8) is 0 Å². The third-order valence-electron chi connectivity index (χ3n) is 3.15. The van der Waals surface area contributed by atoms with Crippen molar-refractivity contribution in [2.75, 3.05) is 6.61 Å². The number of aliphatic hydroxyl groups excluding tert-OH is 1. The zero-order chi connectivity index (χ0) is 13.1. The van der Waals surface area contributed by atoms with Crippen molar-refractivity contribution in [3.05, 3.63) is 0 Å². The summed E-state index contributed by atoms with van der Waals surface area (Å²) in [6.45, 7) is 7.69. The van der Waals surface area contributed by atoms with Crippen molar-refractivity contribution < 1.29 is 14.6 Å². The van der Waals surface area contributed by atoms with Gasteiger partial charge in [0.05, 0.1) is 12.6 Å². The molecular formula is C13H25NO3. The summed E-state index contributed by atoms with van der Waals surface area (Å²) in [5, 5.41) is 9.37. The molecule has 1 N–H and O–H groups in total. The van der Waals surface area contributed by atoms with Gasteiger partial charge in [-0.1, -0.05) is 6.92 Å². The van der Waals surface area contributed by atoms with Crippen LogP contribution in [0.25, 0.3) is 0 Å². The molecule has 1 amide bonds. The summed E-state index contributed by atoms with van der Waals surface area (Å²) in [4.78, 5) is 13.9. The van der Waals surface area contributed by atoms with Gasteiger partial charge in [0.1, 0.15) is 5.60 Å². The van der Waals surface area contributed by atoms with Gasteiger partial charge in [0, 0.05) is 6.04 Å². The number of ether oxygens (including phenoxy) is 1. The summed E-state index contributed by atoms with van der Waals surface area (Å²) < 4.78 is 5.42. The maximum Gasteiger partial charge on any atom is 0.410 e. The largest absolute Gasteiger partial charge is 0.444 e. The van der Waals surface area contributed by atoms with E-state index in [-0.39, 0.29) is 24.8 Å². The van der Waals surface area contributed by atoms with Crippen LogP contribution < -0.4 is 0 Å². The lowest BCUT2D eigenvalue weighted by Crippen LogP contribution is -2.52. The van der Waals surface area contributed by atoms with Crippen LogP contribution in [0.3, 0.4) is 0 Å². The summed E-state index contributed by atoms with van der Waals surface area (Å²) in [6.07, 6.45) is 3.57. The van der Waals surface area contributed by atoms with Gasteiger partial charge in [-0.2, -0.15) is 0 Å². The van der Waals surface area contributed by atoms with Gasteiger partial charge >= 0.3 is 6.09 Å². The van der Waals surface area contributed by atoms with Crippen molar-refractivity contribution in [3.8, 4) is 0 Å².